The molecule has 2 aromatic heterocycles. The number of nitrogens with zero attached hydrogens (tertiary/aromatic N) is 3. The number of rotatable bonds is 5. The van der Waals surface area contributed by atoms with Crippen molar-refractivity contribution >= 4 is 17.5 Å². The van der Waals surface area contributed by atoms with Crippen LogP contribution in [0.4, 0.5) is 18.9 Å². The highest BCUT2D eigenvalue weighted by molar-refractivity contribution is 6.05. The van der Waals surface area contributed by atoms with Gasteiger partial charge in [-0.15, -0.1) is 0 Å². The van der Waals surface area contributed by atoms with Crippen molar-refractivity contribution in [2.75, 3.05) is 5.32 Å². The molecule has 7 nitrogen and oxygen atoms in total. The van der Waals surface area contributed by atoms with Gasteiger partial charge in [-0.05, 0) is 48.7 Å². The van der Waals surface area contributed by atoms with Gasteiger partial charge in [0.25, 0.3) is 5.91 Å². The van der Waals surface area contributed by atoms with Crippen LogP contribution < -0.4 is 11.1 Å². The van der Waals surface area contributed by atoms with E-state index >= 15 is 0 Å². The minimum Gasteiger partial charge on any atom is -0.366 e. The normalized spacial score (nSPS) is 11.6. The second-order valence-corrected chi connectivity index (χ2v) is 7.26. The summed E-state index contributed by atoms with van der Waals surface area (Å²) in [6.45, 7) is 5.37. The summed E-state index contributed by atoms with van der Waals surface area (Å²) in [5.41, 5.74) is 6.60. The number of hydrogen-bond donors (Lipinski definition) is 2. The second kappa shape index (κ2) is 8.21. The molecule has 3 N–H and O–H groups in total. The van der Waals surface area contributed by atoms with Crippen LogP contribution in [0, 0.1) is 6.92 Å². The number of alkyl halides is 3. The van der Waals surface area contributed by atoms with Gasteiger partial charge in [0.2, 0.25) is 5.91 Å². The number of anilines is 1. The lowest BCUT2D eigenvalue weighted by Gasteiger charge is -2.13. The van der Waals surface area contributed by atoms with Crippen LogP contribution in [0.3, 0.4) is 0 Å². The lowest BCUT2D eigenvalue weighted by Crippen LogP contribution is -2.17. The zero-order chi connectivity index (χ0) is 22.9. The summed E-state index contributed by atoms with van der Waals surface area (Å²) in [6.07, 6.45) is -2.43. The first-order valence-electron chi connectivity index (χ1n) is 9.32. The molecule has 0 aliphatic rings. The first-order chi connectivity index (χ1) is 14.5. The fraction of sp³-hybridized carbons (Fsp3) is 0.238. The van der Waals surface area contributed by atoms with Crippen molar-refractivity contribution in [2.45, 2.75) is 32.9 Å². The number of nitrogens with two attached hydrogens (primary N) is 1. The maximum Gasteiger partial charge on any atom is 0.417 e. The third-order valence-electron chi connectivity index (χ3n) is 4.64. The molecule has 10 heteroatoms. The molecule has 0 saturated heterocycles. The minimum atomic E-state index is -4.50. The number of primary amides is 1. The molecule has 2 amide bonds. The van der Waals surface area contributed by atoms with Crippen LogP contribution in [-0.2, 0) is 6.18 Å². The van der Waals surface area contributed by atoms with E-state index in [-0.39, 0.29) is 17.3 Å². The number of carbonyl (C=O) groups is 2. The molecule has 2 heterocycles. The third kappa shape index (κ3) is 4.57. The quantitative estimate of drug-likeness (QED) is 0.636. The molecule has 0 aliphatic carbocycles. The van der Waals surface area contributed by atoms with E-state index in [1.165, 1.54) is 23.0 Å². The van der Waals surface area contributed by atoms with Crippen LogP contribution in [0.1, 0.15) is 57.3 Å². The summed E-state index contributed by atoms with van der Waals surface area (Å²) < 4.78 is 39.8. The van der Waals surface area contributed by atoms with Crippen molar-refractivity contribution in [2.24, 2.45) is 5.73 Å². The fourth-order valence-corrected chi connectivity index (χ4v) is 3.17. The van der Waals surface area contributed by atoms with Gasteiger partial charge < -0.3 is 11.1 Å². The van der Waals surface area contributed by atoms with Gasteiger partial charge in [-0.3, -0.25) is 9.59 Å². The predicted molar refractivity (Wildman–Crippen MR) is 108 cm³/mol. The number of benzene rings is 1. The molecule has 0 bridgehead atoms. The zero-order valence-electron chi connectivity index (χ0n) is 17.0. The molecule has 3 rings (SSSR count). The standard InChI is InChI=1S/C21H20F3N5O2/c1-11(2)18-16(20(31)28-14-5-6-15(19(25)30)12(3)8-14)10-27-29(18)17-7-4-13(9-26-17)21(22,23)24/h4-11H,1-3H3,(H2,25,30)(H,28,31). The van der Waals surface area contributed by atoms with Crippen molar-refractivity contribution in [3.05, 3.63) is 70.7 Å². The molecule has 162 valence electrons. The lowest BCUT2D eigenvalue weighted by molar-refractivity contribution is -0.137. The average molecular weight is 431 g/mol. The summed E-state index contributed by atoms with van der Waals surface area (Å²) in [5, 5.41) is 6.91. The topological polar surface area (TPSA) is 103 Å². The van der Waals surface area contributed by atoms with Crippen molar-refractivity contribution in [3.8, 4) is 5.82 Å². The maximum absolute atomic E-state index is 12.9. The summed E-state index contributed by atoms with van der Waals surface area (Å²) in [7, 11) is 0. The molecule has 0 spiro atoms. The molecule has 3 aromatic rings. The van der Waals surface area contributed by atoms with E-state index in [1.807, 2.05) is 13.8 Å². The maximum atomic E-state index is 12.9. The SMILES string of the molecule is Cc1cc(NC(=O)c2cnn(-c3ccc(C(F)(F)F)cn3)c2C(C)C)ccc1C(N)=O. The van der Waals surface area contributed by atoms with Crippen LogP contribution in [0.15, 0.2) is 42.7 Å². The number of aryl methyl sites for hydroxylation is 1. The van der Waals surface area contributed by atoms with E-state index in [0.717, 1.165) is 12.3 Å². The van der Waals surface area contributed by atoms with Crippen molar-refractivity contribution < 1.29 is 22.8 Å². The van der Waals surface area contributed by atoms with Gasteiger partial charge in [0.15, 0.2) is 5.82 Å². The van der Waals surface area contributed by atoms with Gasteiger partial charge in [-0.25, -0.2) is 9.67 Å². The Balaban J connectivity index is 1.92. The monoisotopic (exact) mass is 431 g/mol. The van der Waals surface area contributed by atoms with Crippen LogP contribution in [0.25, 0.3) is 5.82 Å². The number of carbonyl (C=O) groups excluding carboxylic acids is 2. The second-order valence-electron chi connectivity index (χ2n) is 7.26. The van der Waals surface area contributed by atoms with Crippen LogP contribution in [0.5, 0.6) is 0 Å². The van der Waals surface area contributed by atoms with Gasteiger partial charge >= 0.3 is 6.18 Å². The van der Waals surface area contributed by atoms with E-state index in [4.69, 9.17) is 5.73 Å². The Morgan fingerprint density at radius 3 is 2.32 bits per heavy atom. The third-order valence-corrected chi connectivity index (χ3v) is 4.64. The van der Waals surface area contributed by atoms with Crippen molar-refractivity contribution in [1.82, 2.24) is 14.8 Å². The molecule has 0 saturated carbocycles. The molecule has 0 radical (unpaired) electrons. The molecular formula is C21H20F3N5O2. The van der Waals surface area contributed by atoms with Crippen LogP contribution in [-0.4, -0.2) is 26.6 Å². The minimum absolute atomic E-state index is 0.164. The Morgan fingerprint density at radius 1 is 1.10 bits per heavy atom. The van der Waals surface area contributed by atoms with Gasteiger partial charge in [-0.1, -0.05) is 13.8 Å². The van der Waals surface area contributed by atoms with E-state index in [2.05, 4.69) is 15.4 Å². The van der Waals surface area contributed by atoms with E-state index in [1.54, 1.807) is 19.1 Å². The Hall–Kier alpha value is -3.69. The Morgan fingerprint density at radius 2 is 1.81 bits per heavy atom. The number of aromatic nitrogens is 3. The van der Waals surface area contributed by atoms with Crippen LogP contribution in [0.2, 0.25) is 0 Å². The average Bonchev–Trinajstić information content (AvgIpc) is 3.13. The highest BCUT2D eigenvalue weighted by atomic mass is 19.4. The number of amides is 2. The molecule has 31 heavy (non-hydrogen) atoms. The molecule has 0 unspecified atom stereocenters. The Labute approximate surface area is 176 Å². The zero-order valence-corrected chi connectivity index (χ0v) is 17.0. The Bertz CT molecular complexity index is 1130. The summed E-state index contributed by atoms with van der Waals surface area (Å²) in [6, 6.07) is 6.81. The van der Waals surface area contributed by atoms with Gasteiger partial charge in [0.1, 0.15) is 0 Å². The largest absolute Gasteiger partial charge is 0.417 e. The molecule has 1 aromatic carbocycles. The van der Waals surface area contributed by atoms with Gasteiger partial charge in [0.05, 0.1) is 23.0 Å². The molecular weight excluding hydrogens is 411 g/mol. The smallest absolute Gasteiger partial charge is 0.366 e. The first-order valence-corrected chi connectivity index (χ1v) is 9.32. The summed E-state index contributed by atoms with van der Waals surface area (Å²) >= 11 is 0. The molecule has 0 fully saturated rings. The predicted octanol–water partition coefficient (Wildman–Crippen LogP) is 4.07. The van der Waals surface area contributed by atoms with Crippen molar-refractivity contribution in [1.29, 1.82) is 0 Å². The first kappa shape index (κ1) is 22.0. The fourth-order valence-electron chi connectivity index (χ4n) is 3.17. The number of halogens is 3. The van der Waals surface area contributed by atoms with E-state index in [0.29, 0.717) is 22.5 Å². The Kier molecular flexibility index (Phi) is 5.83. The van der Waals surface area contributed by atoms with E-state index < -0.39 is 23.6 Å². The highest BCUT2D eigenvalue weighted by Crippen LogP contribution is 2.29. The molecule has 0 atom stereocenters. The highest BCUT2D eigenvalue weighted by Gasteiger charge is 2.31. The summed E-state index contributed by atoms with van der Waals surface area (Å²) in [5.74, 6) is -1.03. The van der Waals surface area contributed by atoms with Crippen LogP contribution >= 0.6 is 0 Å². The van der Waals surface area contributed by atoms with Crippen molar-refractivity contribution in [3.63, 3.8) is 0 Å². The summed E-state index contributed by atoms with van der Waals surface area (Å²) in [4.78, 5) is 28.1. The molecule has 0 aliphatic heterocycles. The lowest BCUT2D eigenvalue weighted by atomic mass is 10.0. The number of pyridine rings is 1. The number of hydrogen-bond acceptors (Lipinski definition) is 4. The van der Waals surface area contributed by atoms with Gasteiger partial charge in [-0.2, -0.15) is 18.3 Å². The van der Waals surface area contributed by atoms with Gasteiger partial charge in [0, 0.05) is 17.4 Å². The van der Waals surface area contributed by atoms with E-state index in [9.17, 15) is 22.8 Å². The number of nitrogens with one attached hydrogen (secondary N) is 1.